The van der Waals surface area contributed by atoms with Gasteiger partial charge in [0.1, 0.15) is 0 Å². The predicted molar refractivity (Wildman–Crippen MR) is 83.5 cm³/mol. The van der Waals surface area contributed by atoms with Gasteiger partial charge in [-0.15, -0.1) is 11.3 Å². The molecular formula is C14H17N3OS2. The molecule has 3 heterocycles. The van der Waals surface area contributed by atoms with E-state index in [1.165, 1.54) is 5.56 Å². The first-order valence-electron chi connectivity index (χ1n) is 6.76. The predicted octanol–water partition coefficient (Wildman–Crippen LogP) is 2.49. The first-order valence-corrected chi connectivity index (χ1v) is 8.58. The van der Waals surface area contributed by atoms with Crippen molar-refractivity contribution in [3.63, 3.8) is 0 Å². The van der Waals surface area contributed by atoms with Crippen LogP contribution in [-0.2, 0) is 11.2 Å². The first kappa shape index (κ1) is 13.6. The molecule has 0 radical (unpaired) electrons. The number of aromatic nitrogens is 1. The maximum atomic E-state index is 12.2. The van der Waals surface area contributed by atoms with Crippen LogP contribution in [-0.4, -0.2) is 42.0 Å². The third-order valence-electron chi connectivity index (χ3n) is 3.53. The minimum Gasteiger partial charge on any atom is -0.345 e. The number of hydrogen-bond acceptors (Lipinski definition) is 5. The molecule has 2 aromatic rings. The lowest BCUT2D eigenvalue weighted by molar-refractivity contribution is -0.131. The van der Waals surface area contributed by atoms with Gasteiger partial charge >= 0.3 is 0 Å². The second-order valence-electron chi connectivity index (χ2n) is 4.81. The van der Waals surface area contributed by atoms with Gasteiger partial charge in [0.25, 0.3) is 0 Å². The fourth-order valence-electron chi connectivity index (χ4n) is 2.36. The Labute approximate surface area is 126 Å². The topological polar surface area (TPSA) is 36.4 Å². The Morgan fingerprint density at radius 3 is 2.75 bits per heavy atom. The number of piperazine rings is 1. The smallest absolute Gasteiger partial charge is 0.223 e. The fraction of sp³-hybridized carbons (Fsp3) is 0.429. The molecular weight excluding hydrogens is 290 g/mol. The Bertz CT molecular complexity index is 531. The number of carbonyl (C=O) groups is 1. The number of hydrogen-bond donors (Lipinski definition) is 0. The van der Waals surface area contributed by atoms with Gasteiger partial charge in [-0.1, -0.05) is 0 Å². The Morgan fingerprint density at radius 2 is 2.10 bits per heavy atom. The zero-order valence-electron chi connectivity index (χ0n) is 11.2. The second-order valence-corrected chi connectivity index (χ2v) is 6.47. The molecule has 106 valence electrons. The lowest BCUT2D eigenvalue weighted by Gasteiger charge is -2.34. The van der Waals surface area contributed by atoms with E-state index in [9.17, 15) is 4.79 Å². The van der Waals surface area contributed by atoms with Crippen LogP contribution in [0.1, 0.15) is 12.0 Å². The van der Waals surface area contributed by atoms with Crippen LogP contribution in [0.5, 0.6) is 0 Å². The van der Waals surface area contributed by atoms with Crippen LogP contribution in [0.4, 0.5) is 5.13 Å². The van der Waals surface area contributed by atoms with E-state index in [1.807, 2.05) is 16.5 Å². The molecule has 1 fully saturated rings. The summed E-state index contributed by atoms with van der Waals surface area (Å²) >= 11 is 3.35. The Kier molecular flexibility index (Phi) is 4.32. The highest BCUT2D eigenvalue weighted by Gasteiger charge is 2.21. The molecule has 0 atom stereocenters. The molecule has 1 aliphatic rings. The van der Waals surface area contributed by atoms with Crippen LogP contribution in [0.3, 0.4) is 0 Å². The molecule has 0 N–H and O–H groups in total. The van der Waals surface area contributed by atoms with E-state index in [0.29, 0.717) is 6.42 Å². The van der Waals surface area contributed by atoms with Crippen molar-refractivity contribution >= 4 is 33.7 Å². The van der Waals surface area contributed by atoms with Crippen molar-refractivity contribution in [1.29, 1.82) is 0 Å². The summed E-state index contributed by atoms with van der Waals surface area (Å²) in [6, 6.07) is 2.10. The number of thiazole rings is 1. The summed E-state index contributed by atoms with van der Waals surface area (Å²) in [6.07, 6.45) is 3.31. The Balaban J connectivity index is 1.46. The monoisotopic (exact) mass is 307 g/mol. The quantitative estimate of drug-likeness (QED) is 0.871. The molecule has 0 aromatic carbocycles. The van der Waals surface area contributed by atoms with Gasteiger partial charge < -0.3 is 9.80 Å². The van der Waals surface area contributed by atoms with Crippen LogP contribution >= 0.6 is 22.7 Å². The molecule has 0 unspecified atom stereocenters. The first-order chi connectivity index (χ1) is 9.83. The fourth-order valence-corrected chi connectivity index (χ4v) is 3.76. The van der Waals surface area contributed by atoms with E-state index in [2.05, 4.69) is 26.7 Å². The van der Waals surface area contributed by atoms with Crippen molar-refractivity contribution < 1.29 is 4.79 Å². The van der Waals surface area contributed by atoms with Crippen LogP contribution in [0, 0.1) is 0 Å². The number of carbonyl (C=O) groups excluding carboxylic acids is 1. The highest BCUT2D eigenvalue weighted by molar-refractivity contribution is 7.13. The molecule has 0 aliphatic carbocycles. The third kappa shape index (κ3) is 3.19. The molecule has 20 heavy (non-hydrogen) atoms. The normalized spacial score (nSPS) is 15.6. The molecule has 0 saturated carbocycles. The molecule has 1 saturated heterocycles. The average molecular weight is 307 g/mol. The number of nitrogens with zero attached hydrogens (tertiary/aromatic N) is 3. The largest absolute Gasteiger partial charge is 0.345 e. The van der Waals surface area contributed by atoms with Crippen LogP contribution in [0.2, 0.25) is 0 Å². The molecule has 2 aromatic heterocycles. The lowest BCUT2D eigenvalue weighted by Crippen LogP contribution is -2.48. The third-order valence-corrected chi connectivity index (χ3v) is 5.09. The highest BCUT2D eigenvalue weighted by Crippen LogP contribution is 2.19. The van der Waals surface area contributed by atoms with Crippen molar-refractivity contribution in [2.75, 3.05) is 31.1 Å². The van der Waals surface area contributed by atoms with Crippen molar-refractivity contribution in [2.24, 2.45) is 0 Å². The Morgan fingerprint density at radius 1 is 1.25 bits per heavy atom. The summed E-state index contributed by atoms with van der Waals surface area (Å²) in [4.78, 5) is 20.7. The number of amides is 1. The summed E-state index contributed by atoms with van der Waals surface area (Å²) in [5, 5.41) is 7.24. The van der Waals surface area contributed by atoms with Crippen molar-refractivity contribution in [3.8, 4) is 0 Å². The minimum atomic E-state index is 0.273. The van der Waals surface area contributed by atoms with E-state index >= 15 is 0 Å². The zero-order valence-corrected chi connectivity index (χ0v) is 12.8. The summed E-state index contributed by atoms with van der Waals surface area (Å²) in [5.74, 6) is 0.273. The van der Waals surface area contributed by atoms with E-state index in [-0.39, 0.29) is 5.91 Å². The van der Waals surface area contributed by atoms with Crippen molar-refractivity contribution in [1.82, 2.24) is 9.88 Å². The molecule has 6 heteroatoms. The van der Waals surface area contributed by atoms with Gasteiger partial charge in [-0.2, -0.15) is 11.3 Å². The van der Waals surface area contributed by atoms with Gasteiger partial charge in [-0.25, -0.2) is 4.98 Å². The van der Waals surface area contributed by atoms with E-state index in [0.717, 1.165) is 37.7 Å². The number of rotatable bonds is 4. The molecule has 1 amide bonds. The van der Waals surface area contributed by atoms with Gasteiger partial charge in [0.15, 0.2) is 5.13 Å². The van der Waals surface area contributed by atoms with E-state index in [1.54, 1.807) is 22.7 Å². The van der Waals surface area contributed by atoms with Gasteiger partial charge in [-0.3, -0.25) is 4.79 Å². The van der Waals surface area contributed by atoms with Crippen molar-refractivity contribution in [3.05, 3.63) is 34.0 Å². The highest BCUT2D eigenvalue weighted by atomic mass is 32.1. The molecule has 3 rings (SSSR count). The molecule has 0 bridgehead atoms. The summed E-state index contributed by atoms with van der Waals surface area (Å²) < 4.78 is 0. The maximum Gasteiger partial charge on any atom is 0.223 e. The van der Waals surface area contributed by atoms with E-state index in [4.69, 9.17) is 0 Å². The van der Waals surface area contributed by atoms with Crippen LogP contribution < -0.4 is 4.90 Å². The summed E-state index contributed by atoms with van der Waals surface area (Å²) in [6.45, 7) is 3.39. The molecule has 1 aliphatic heterocycles. The van der Waals surface area contributed by atoms with Crippen LogP contribution in [0.15, 0.2) is 28.4 Å². The maximum absolute atomic E-state index is 12.2. The van der Waals surface area contributed by atoms with Crippen molar-refractivity contribution in [2.45, 2.75) is 12.8 Å². The van der Waals surface area contributed by atoms with Gasteiger partial charge in [0.05, 0.1) is 0 Å². The van der Waals surface area contributed by atoms with Gasteiger partial charge in [0.2, 0.25) is 5.91 Å². The molecule has 0 spiro atoms. The number of aryl methyl sites for hydroxylation is 1. The zero-order chi connectivity index (χ0) is 13.8. The lowest BCUT2D eigenvalue weighted by atomic mass is 10.1. The summed E-state index contributed by atoms with van der Waals surface area (Å²) in [5.41, 5.74) is 1.27. The SMILES string of the molecule is O=C(CCc1ccsc1)N1CCN(c2nccs2)CC1. The number of thiophene rings is 1. The Hall–Kier alpha value is -1.40. The van der Waals surface area contributed by atoms with Gasteiger partial charge in [-0.05, 0) is 28.8 Å². The average Bonchev–Trinajstić information content (AvgIpc) is 3.18. The second kappa shape index (κ2) is 6.37. The van der Waals surface area contributed by atoms with Gasteiger partial charge in [0, 0.05) is 44.2 Å². The van der Waals surface area contributed by atoms with Crippen LogP contribution in [0.25, 0.3) is 0 Å². The summed E-state index contributed by atoms with van der Waals surface area (Å²) in [7, 11) is 0. The van der Waals surface area contributed by atoms with E-state index < -0.39 is 0 Å². The molecule has 4 nitrogen and oxygen atoms in total. The minimum absolute atomic E-state index is 0.273. The number of anilines is 1. The standard InChI is InChI=1S/C14H17N3OS2/c18-13(2-1-12-3-9-19-11-12)16-5-7-17(8-6-16)14-15-4-10-20-14/h3-4,9-11H,1-2,5-8H2.